The summed E-state index contributed by atoms with van der Waals surface area (Å²) in [5.41, 5.74) is 1.53. The largest absolute Gasteiger partial charge is 0.341 e. The summed E-state index contributed by atoms with van der Waals surface area (Å²) in [6, 6.07) is 12.9. The highest BCUT2D eigenvalue weighted by Crippen LogP contribution is 2.24. The van der Waals surface area contributed by atoms with E-state index < -0.39 is 15.9 Å². The fraction of sp³-hybridized carbons (Fsp3) is 0.200. The molecule has 0 spiro atoms. The van der Waals surface area contributed by atoms with Crippen LogP contribution in [0.2, 0.25) is 0 Å². The van der Waals surface area contributed by atoms with Crippen LogP contribution in [-0.4, -0.2) is 39.1 Å². The van der Waals surface area contributed by atoms with Crippen molar-refractivity contribution in [1.29, 1.82) is 0 Å². The number of rotatable bonds is 5. The van der Waals surface area contributed by atoms with Crippen LogP contribution in [0.25, 0.3) is 0 Å². The summed E-state index contributed by atoms with van der Waals surface area (Å²) in [5.74, 6) is 1.66. The summed E-state index contributed by atoms with van der Waals surface area (Å²) in [6.07, 6.45) is 5.73. The Balaban J connectivity index is 1.76. The second-order valence-electron chi connectivity index (χ2n) is 6.18. The van der Waals surface area contributed by atoms with Crippen molar-refractivity contribution in [2.75, 3.05) is 28.5 Å². The summed E-state index contributed by atoms with van der Waals surface area (Å²) in [7, 11) is -3.27. The predicted molar refractivity (Wildman–Crippen MR) is 108 cm³/mol. The van der Waals surface area contributed by atoms with E-state index in [4.69, 9.17) is 6.42 Å². The zero-order chi connectivity index (χ0) is 20.1. The third-order valence-corrected chi connectivity index (χ3v) is 6.16. The van der Waals surface area contributed by atoms with Crippen LogP contribution in [0.5, 0.6) is 0 Å². The van der Waals surface area contributed by atoms with Crippen molar-refractivity contribution < 1.29 is 18.0 Å². The number of hydrogen-bond donors (Lipinski definition) is 2. The average Bonchev–Trinajstić information content (AvgIpc) is 3.05. The predicted octanol–water partition coefficient (Wildman–Crippen LogP) is 1.84. The van der Waals surface area contributed by atoms with E-state index in [1.54, 1.807) is 48.5 Å². The van der Waals surface area contributed by atoms with Crippen LogP contribution in [0.1, 0.15) is 27.1 Å². The number of hydrogen-bond acceptors (Lipinski definition) is 4. The smallest absolute Gasteiger partial charge is 0.255 e. The van der Waals surface area contributed by atoms with Gasteiger partial charge < -0.3 is 10.6 Å². The normalized spacial score (nSPS) is 14.9. The molecule has 1 fully saturated rings. The SMILES string of the molecule is C#CCNC(=O)c1ccccc1NC(=O)c1ccc(N2CCCS2(=O)=O)cc1. The van der Waals surface area contributed by atoms with E-state index in [9.17, 15) is 18.0 Å². The third kappa shape index (κ3) is 4.15. The standard InChI is InChI=1S/C20H19N3O4S/c1-2-12-21-20(25)17-6-3-4-7-18(17)22-19(24)15-8-10-16(11-9-15)23-13-5-14-28(23,26)27/h1,3-4,6-11H,5,12-14H2,(H,21,25)(H,22,24). The molecule has 0 aliphatic carbocycles. The van der Waals surface area contributed by atoms with Crippen molar-refractivity contribution in [3.05, 3.63) is 59.7 Å². The monoisotopic (exact) mass is 397 g/mol. The van der Waals surface area contributed by atoms with Crippen LogP contribution >= 0.6 is 0 Å². The van der Waals surface area contributed by atoms with Gasteiger partial charge in [-0.3, -0.25) is 13.9 Å². The van der Waals surface area contributed by atoms with Gasteiger partial charge in [-0.25, -0.2) is 8.42 Å². The van der Waals surface area contributed by atoms with E-state index in [1.807, 2.05) is 0 Å². The average molecular weight is 397 g/mol. The van der Waals surface area contributed by atoms with Gasteiger partial charge in [-0.15, -0.1) is 6.42 Å². The molecule has 0 unspecified atom stereocenters. The van der Waals surface area contributed by atoms with Gasteiger partial charge in [0.25, 0.3) is 11.8 Å². The number of nitrogens with zero attached hydrogens (tertiary/aromatic N) is 1. The summed E-state index contributed by atoms with van der Waals surface area (Å²) in [5, 5.41) is 5.27. The Morgan fingerprint density at radius 2 is 1.79 bits per heavy atom. The van der Waals surface area contributed by atoms with Gasteiger partial charge in [-0.1, -0.05) is 18.1 Å². The Kier molecular flexibility index (Phi) is 5.66. The molecule has 7 nitrogen and oxygen atoms in total. The van der Waals surface area contributed by atoms with Crippen molar-refractivity contribution in [3.8, 4) is 12.3 Å². The van der Waals surface area contributed by atoms with Gasteiger partial charge in [-0.05, 0) is 42.8 Å². The van der Waals surface area contributed by atoms with E-state index in [1.165, 1.54) is 4.31 Å². The molecule has 1 heterocycles. The Hall–Kier alpha value is -3.31. The first-order chi connectivity index (χ1) is 13.4. The number of terminal acetylenes is 1. The van der Waals surface area contributed by atoms with E-state index in [-0.39, 0.29) is 18.2 Å². The van der Waals surface area contributed by atoms with Crippen molar-refractivity contribution in [2.45, 2.75) is 6.42 Å². The summed E-state index contributed by atoms with van der Waals surface area (Å²) in [6.45, 7) is 0.524. The van der Waals surface area contributed by atoms with Crippen LogP contribution in [0, 0.1) is 12.3 Å². The second kappa shape index (κ2) is 8.15. The number of sulfonamides is 1. The van der Waals surface area contributed by atoms with Gasteiger partial charge in [-0.2, -0.15) is 0 Å². The number of carbonyl (C=O) groups is 2. The molecule has 0 atom stereocenters. The molecule has 0 saturated carbocycles. The Bertz CT molecular complexity index is 1040. The fourth-order valence-electron chi connectivity index (χ4n) is 2.92. The molecule has 0 bridgehead atoms. The molecule has 2 aromatic rings. The number of amides is 2. The lowest BCUT2D eigenvalue weighted by Crippen LogP contribution is -2.26. The van der Waals surface area contributed by atoms with Crippen LogP contribution in [0.3, 0.4) is 0 Å². The summed E-state index contributed by atoms with van der Waals surface area (Å²) >= 11 is 0. The minimum Gasteiger partial charge on any atom is -0.341 e. The first kappa shape index (κ1) is 19.5. The number of anilines is 2. The third-order valence-electron chi connectivity index (χ3n) is 4.29. The van der Waals surface area contributed by atoms with Crippen LogP contribution in [0.15, 0.2) is 48.5 Å². The quantitative estimate of drug-likeness (QED) is 0.753. The van der Waals surface area contributed by atoms with E-state index in [2.05, 4.69) is 16.6 Å². The lowest BCUT2D eigenvalue weighted by molar-refractivity contribution is 0.0959. The maximum absolute atomic E-state index is 12.6. The van der Waals surface area contributed by atoms with Gasteiger partial charge in [0, 0.05) is 12.1 Å². The molecule has 28 heavy (non-hydrogen) atoms. The van der Waals surface area contributed by atoms with Gasteiger partial charge in [0.2, 0.25) is 10.0 Å². The molecule has 1 saturated heterocycles. The molecular weight excluding hydrogens is 378 g/mol. The Morgan fingerprint density at radius 1 is 1.07 bits per heavy atom. The van der Waals surface area contributed by atoms with Crippen LogP contribution in [-0.2, 0) is 10.0 Å². The van der Waals surface area contributed by atoms with Gasteiger partial charge in [0.1, 0.15) is 0 Å². The highest BCUT2D eigenvalue weighted by Gasteiger charge is 2.28. The molecule has 3 rings (SSSR count). The highest BCUT2D eigenvalue weighted by molar-refractivity contribution is 7.93. The molecule has 8 heteroatoms. The first-order valence-corrected chi connectivity index (χ1v) is 10.3. The van der Waals surface area contributed by atoms with Gasteiger partial charge in [0.15, 0.2) is 0 Å². The molecule has 1 aliphatic rings. The highest BCUT2D eigenvalue weighted by atomic mass is 32.2. The second-order valence-corrected chi connectivity index (χ2v) is 8.19. The fourth-order valence-corrected chi connectivity index (χ4v) is 4.48. The molecule has 2 aromatic carbocycles. The van der Waals surface area contributed by atoms with Crippen molar-refractivity contribution in [2.24, 2.45) is 0 Å². The lowest BCUT2D eigenvalue weighted by atomic mass is 10.1. The van der Waals surface area contributed by atoms with Crippen LogP contribution < -0.4 is 14.9 Å². The minimum atomic E-state index is -3.27. The van der Waals surface area contributed by atoms with E-state index in [0.29, 0.717) is 35.5 Å². The van der Waals surface area contributed by atoms with Crippen molar-refractivity contribution in [3.63, 3.8) is 0 Å². The molecule has 2 amide bonds. The summed E-state index contributed by atoms with van der Waals surface area (Å²) in [4.78, 5) is 24.7. The van der Waals surface area contributed by atoms with Gasteiger partial charge >= 0.3 is 0 Å². The minimum absolute atomic E-state index is 0.0853. The maximum Gasteiger partial charge on any atom is 0.255 e. The Labute approximate surface area is 163 Å². The first-order valence-electron chi connectivity index (χ1n) is 8.65. The number of nitrogens with one attached hydrogen (secondary N) is 2. The summed E-state index contributed by atoms with van der Waals surface area (Å²) < 4.78 is 25.3. The van der Waals surface area contributed by atoms with Gasteiger partial charge in [0.05, 0.1) is 29.2 Å². The molecule has 0 aromatic heterocycles. The number of carbonyl (C=O) groups excluding carboxylic acids is 2. The van der Waals surface area contributed by atoms with Crippen molar-refractivity contribution in [1.82, 2.24) is 5.32 Å². The van der Waals surface area contributed by atoms with Crippen molar-refractivity contribution >= 4 is 33.2 Å². The molecule has 0 radical (unpaired) electrons. The molecule has 144 valence electrons. The molecular formula is C20H19N3O4S. The van der Waals surface area contributed by atoms with E-state index >= 15 is 0 Å². The van der Waals surface area contributed by atoms with Crippen LogP contribution in [0.4, 0.5) is 11.4 Å². The number of benzene rings is 2. The van der Waals surface area contributed by atoms with E-state index in [0.717, 1.165) is 0 Å². The molecule has 2 N–H and O–H groups in total. The zero-order valence-electron chi connectivity index (χ0n) is 15.0. The molecule has 1 aliphatic heterocycles. The number of para-hydroxylation sites is 1. The Morgan fingerprint density at radius 3 is 2.43 bits per heavy atom. The maximum atomic E-state index is 12.6. The zero-order valence-corrected chi connectivity index (χ0v) is 15.8. The topological polar surface area (TPSA) is 95.6 Å². The lowest BCUT2D eigenvalue weighted by Gasteiger charge is -2.17.